The Labute approximate surface area is 79.0 Å². The Morgan fingerprint density at radius 2 is 2.08 bits per heavy atom. The van der Waals surface area contributed by atoms with E-state index in [1.807, 2.05) is 0 Å². The predicted molar refractivity (Wildman–Crippen MR) is 52.0 cm³/mol. The third-order valence-corrected chi connectivity index (χ3v) is 2.75. The van der Waals surface area contributed by atoms with E-state index in [0.717, 1.165) is 25.7 Å². The van der Waals surface area contributed by atoms with Gasteiger partial charge in [-0.15, -0.1) is 0 Å². The van der Waals surface area contributed by atoms with Gasteiger partial charge in [-0.1, -0.05) is 12.8 Å². The minimum absolute atomic E-state index is 0.0904. The highest BCUT2D eigenvalue weighted by atomic mass is 16.2. The van der Waals surface area contributed by atoms with Crippen LogP contribution in [0.3, 0.4) is 0 Å². The smallest absolute Gasteiger partial charge is 0.237 e. The number of nitrogens with one attached hydrogen (secondary N) is 1. The van der Waals surface area contributed by atoms with Gasteiger partial charge in [-0.25, -0.2) is 0 Å². The van der Waals surface area contributed by atoms with Gasteiger partial charge in [0.05, 0.1) is 11.6 Å². The molecule has 5 N–H and O–H groups in total. The normalized spacial score (nSPS) is 22.7. The molecule has 1 unspecified atom stereocenters. The second kappa shape index (κ2) is 4.07. The van der Waals surface area contributed by atoms with E-state index in [4.69, 9.17) is 11.5 Å². The van der Waals surface area contributed by atoms with E-state index in [9.17, 15) is 4.79 Å². The lowest BCUT2D eigenvalue weighted by Gasteiger charge is -2.29. The molecule has 1 aliphatic carbocycles. The monoisotopic (exact) mass is 185 g/mol. The highest BCUT2D eigenvalue weighted by molar-refractivity contribution is 5.81. The summed E-state index contributed by atoms with van der Waals surface area (Å²) in [6.07, 6.45) is 4.27. The van der Waals surface area contributed by atoms with E-state index in [0.29, 0.717) is 6.54 Å². The van der Waals surface area contributed by atoms with Gasteiger partial charge in [0.1, 0.15) is 0 Å². The zero-order valence-electron chi connectivity index (χ0n) is 8.18. The Kier molecular flexibility index (Phi) is 3.27. The highest BCUT2D eigenvalue weighted by Crippen LogP contribution is 2.28. The minimum atomic E-state index is -0.441. The van der Waals surface area contributed by atoms with Crippen LogP contribution < -0.4 is 16.8 Å². The second-order valence-corrected chi connectivity index (χ2v) is 3.97. The number of amides is 1. The highest BCUT2D eigenvalue weighted by Gasteiger charge is 2.34. The van der Waals surface area contributed by atoms with Crippen molar-refractivity contribution in [1.82, 2.24) is 5.32 Å². The van der Waals surface area contributed by atoms with Crippen molar-refractivity contribution < 1.29 is 4.79 Å². The van der Waals surface area contributed by atoms with E-state index in [1.165, 1.54) is 0 Å². The van der Waals surface area contributed by atoms with Crippen LogP contribution in [-0.4, -0.2) is 24.0 Å². The average Bonchev–Trinajstić information content (AvgIpc) is 2.54. The first-order valence-corrected chi connectivity index (χ1v) is 4.87. The van der Waals surface area contributed by atoms with Crippen LogP contribution in [-0.2, 0) is 4.79 Å². The van der Waals surface area contributed by atoms with Crippen molar-refractivity contribution in [3.63, 3.8) is 0 Å². The average molecular weight is 185 g/mol. The van der Waals surface area contributed by atoms with Gasteiger partial charge in [0.2, 0.25) is 5.91 Å². The van der Waals surface area contributed by atoms with E-state index in [2.05, 4.69) is 5.32 Å². The van der Waals surface area contributed by atoms with Crippen molar-refractivity contribution in [3.05, 3.63) is 0 Å². The van der Waals surface area contributed by atoms with Gasteiger partial charge in [-0.2, -0.15) is 0 Å². The fourth-order valence-corrected chi connectivity index (χ4v) is 1.81. The fraction of sp³-hybridized carbons (Fsp3) is 0.889. The third kappa shape index (κ3) is 2.42. The summed E-state index contributed by atoms with van der Waals surface area (Å²) in [7, 11) is 0. The van der Waals surface area contributed by atoms with E-state index >= 15 is 0 Å². The first-order valence-electron chi connectivity index (χ1n) is 4.87. The molecule has 4 heteroatoms. The molecule has 0 spiro atoms. The van der Waals surface area contributed by atoms with E-state index in [-0.39, 0.29) is 11.4 Å². The fourth-order valence-electron chi connectivity index (χ4n) is 1.81. The van der Waals surface area contributed by atoms with Crippen LogP contribution in [0.25, 0.3) is 0 Å². The SMILES string of the molecule is CC(N)C(=O)NC1(CN)CCCC1. The van der Waals surface area contributed by atoms with Gasteiger partial charge >= 0.3 is 0 Å². The Balaban J connectivity index is 2.53. The molecule has 76 valence electrons. The van der Waals surface area contributed by atoms with Gasteiger partial charge in [0, 0.05) is 6.54 Å². The molecule has 1 atom stereocenters. The zero-order valence-corrected chi connectivity index (χ0v) is 8.18. The molecule has 1 amide bonds. The van der Waals surface area contributed by atoms with Gasteiger partial charge in [-0.3, -0.25) is 4.79 Å². The molecule has 4 nitrogen and oxygen atoms in total. The molecule has 0 aromatic rings. The van der Waals surface area contributed by atoms with Gasteiger partial charge in [0.15, 0.2) is 0 Å². The lowest BCUT2D eigenvalue weighted by atomic mass is 9.97. The quantitative estimate of drug-likeness (QED) is 0.565. The first-order chi connectivity index (χ1) is 6.09. The maximum atomic E-state index is 11.4. The van der Waals surface area contributed by atoms with Crippen molar-refractivity contribution in [2.75, 3.05) is 6.54 Å². The molecule has 1 saturated carbocycles. The summed E-state index contributed by atoms with van der Waals surface area (Å²) >= 11 is 0. The van der Waals surface area contributed by atoms with Crippen LogP contribution in [0, 0.1) is 0 Å². The van der Waals surface area contributed by atoms with Gasteiger partial charge in [-0.05, 0) is 19.8 Å². The number of carbonyl (C=O) groups excluding carboxylic acids is 1. The summed E-state index contributed by atoms with van der Waals surface area (Å²) in [4.78, 5) is 11.4. The van der Waals surface area contributed by atoms with Crippen molar-refractivity contribution >= 4 is 5.91 Å². The Bertz CT molecular complexity index is 185. The molecule has 0 aromatic heterocycles. The number of carbonyl (C=O) groups is 1. The van der Waals surface area contributed by atoms with Crippen LogP contribution >= 0.6 is 0 Å². The molecule has 0 heterocycles. The summed E-state index contributed by atoms with van der Waals surface area (Å²) in [6.45, 7) is 2.21. The molecule has 1 fully saturated rings. The van der Waals surface area contributed by atoms with Gasteiger partial charge in [0.25, 0.3) is 0 Å². The number of rotatable bonds is 3. The van der Waals surface area contributed by atoms with Gasteiger partial charge < -0.3 is 16.8 Å². The first kappa shape index (κ1) is 10.5. The molecular formula is C9H19N3O. The van der Waals surface area contributed by atoms with Crippen molar-refractivity contribution in [2.45, 2.75) is 44.2 Å². The van der Waals surface area contributed by atoms with Crippen LogP contribution in [0.1, 0.15) is 32.6 Å². The summed E-state index contributed by atoms with van der Waals surface area (Å²) < 4.78 is 0. The standard InChI is InChI=1S/C9H19N3O/c1-7(11)8(13)12-9(6-10)4-2-3-5-9/h7H,2-6,10-11H2,1H3,(H,12,13). The maximum Gasteiger partial charge on any atom is 0.237 e. The number of nitrogens with two attached hydrogens (primary N) is 2. The third-order valence-electron chi connectivity index (χ3n) is 2.75. The molecule has 0 aromatic carbocycles. The van der Waals surface area contributed by atoms with Crippen molar-refractivity contribution in [1.29, 1.82) is 0 Å². The predicted octanol–water partition coefficient (Wildman–Crippen LogP) is -0.279. The van der Waals surface area contributed by atoms with Crippen molar-refractivity contribution in [3.8, 4) is 0 Å². The van der Waals surface area contributed by atoms with Crippen LogP contribution in [0.4, 0.5) is 0 Å². The molecular weight excluding hydrogens is 166 g/mol. The molecule has 0 saturated heterocycles. The summed E-state index contributed by atoms with van der Waals surface area (Å²) in [5, 5.41) is 2.95. The molecule has 1 rings (SSSR count). The second-order valence-electron chi connectivity index (χ2n) is 3.97. The summed E-state index contributed by atoms with van der Waals surface area (Å²) in [5.41, 5.74) is 11.0. The zero-order chi connectivity index (χ0) is 9.90. The molecule has 1 aliphatic rings. The Morgan fingerprint density at radius 1 is 1.54 bits per heavy atom. The number of hydrogen-bond donors (Lipinski definition) is 3. The Morgan fingerprint density at radius 3 is 2.46 bits per heavy atom. The van der Waals surface area contributed by atoms with Crippen LogP contribution in [0.15, 0.2) is 0 Å². The van der Waals surface area contributed by atoms with Crippen LogP contribution in [0.2, 0.25) is 0 Å². The Hall–Kier alpha value is -0.610. The largest absolute Gasteiger partial charge is 0.348 e. The number of hydrogen-bond acceptors (Lipinski definition) is 3. The van der Waals surface area contributed by atoms with Crippen molar-refractivity contribution in [2.24, 2.45) is 11.5 Å². The molecule has 13 heavy (non-hydrogen) atoms. The van der Waals surface area contributed by atoms with E-state index in [1.54, 1.807) is 6.92 Å². The summed E-state index contributed by atoms with van der Waals surface area (Å²) in [6, 6.07) is -0.441. The molecule has 0 bridgehead atoms. The maximum absolute atomic E-state index is 11.4. The molecule has 0 radical (unpaired) electrons. The summed E-state index contributed by atoms with van der Waals surface area (Å²) in [5.74, 6) is -0.0904. The van der Waals surface area contributed by atoms with Crippen LogP contribution in [0.5, 0.6) is 0 Å². The minimum Gasteiger partial charge on any atom is -0.348 e. The van der Waals surface area contributed by atoms with E-state index < -0.39 is 6.04 Å². The topological polar surface area (TPSA) is 81.1 Å². The lowest BCUT2D eigenvalue weighted by molar-refractivity contribution is -0.123. The lowest BCUT2D eigenvalue weighted by Crippen LogP contribution is -2.55. The molecule has 0 aliphatic heterocycles.